The third-order valence-electron chi connectivity index (χ3n) is 2.24. The predicted octanol–water partition coefficient (Wildman–Crippen LogP) is 1.79. The van der Waals surface area contributed by atoms with Crippen molar-refractivity contribution in [2.75, 3.05) is 12.3 Å². The van der Waals surface area contributed by atoms with Crippen LogP contribution in [-0.4, -0.2) is 17.7 Å². The van der Waals surface area contributed by atoms with Crippen LogP contribution in [0, 0.1) is 6.92 Å². The molecule has 1 aromatic carbocycles. The number of carbonyl (C=O) groups is 1. The molecule has 0 aliphatic carbocycles. The summed E-state index contributed by atoms with van der Waals surface area (Å²) in [5.41, 5.74) is 7.73. The Labute approximate surface area is 91.4 Å². The summed E-state index contributed by atoms with van der Waals surface area (Å²) in [5.74, 6) is -0.687. The second-order valence-electron chi connectivity index (χ2n) is 3.46. The van der Waals surface area contributed by atoms with E-state index in [1.807, 2.05) is 6.92 Å². The number of benzene rings is 1. The smallest absolute Gasteiger partial charge is 0.341 e. The molecule has 0 saturated heterocycles. The van der Waals surface area contributed by atoms with Crippen LogP contribution in [0.1, 0.15) is 5.56 Å². The molecule has 5 heteroatoms. The van der Waals surface area contributed by atoms with Crippen LogP contribution in [-0.2, 0) is 4.79 Å². The first kappa shape index (κ1) is 10.4. The largest absolute Gasteiger partial charge is 0.479 e. The molecule has 0 aliphatic heterocycles. The molecule has 3 N–H and O–H groups in total. The van der Waals surface area contributed by atoms with E-state index >= 15 is 0 Å². The number of ether oxygens (including phenoxy) is 1. The quantitative estimate of drug-likeness (QED) is 0.771. The summed E-state index contributed by atoms with van der Waals surface area (Å²) in [5, 5.41) is 9.25. The first-order chi connectivity index (χ1) is 7.59. The van der Waals surface area contributed by atoms with E-state index < -0.39 is 12.6 Å². The van der Waals surface area contributed by atoms with Gasteiger partial charge in [0.05, 0.1) is 17.3 Å². The van der Waals surface area contributed by atoms with E-state index in [1.165, 1.54) is 6.26 Å². The number of nitrogens with two attached hydrogens (primary N) is 1. The molecule has 0 fully saturated rings. The van der Waals surface area contributed by atoms with Gasteiger partial charge in [-0.2, -0.15) is 0 Å². The van der Waals surface area contributed by atoms with Crippen LogP contribution in [0.2, 0.25) is 0 Å². The average Bonchev–Trinajstić information content (AvgIpc) is 2.65. The SMILES string of the molecule is Cc1cc(N)c(OCC(=O)O)c2ccoc12. The Morgan fingerprint density at radius 2 is 2.38 bits per heavy atom. The zero-order valence-electron chi connectivity index (χ0n) is 8.69. The predicted molar refractivity (Wildman–Crippen MR) is 58.5 cm³/mol. The summed E-state index contributed by atoms with van der Waals surface area (Å²) >= 11 is 0. The fourth-order valence-electron chi connectivity index (χ4n) is 1.61. The van der Waals surface area contributed by atoms with Gasteiger partial charge in [-0.05, 0) is 24.6 Å². The summed E-state index contributed by atoms with van der Waals surface area (Å²) < 4.78 is 10.4. The number of hydrogen-bond donors (Lipinski definition) is 2. The van der Waals surface area contributed by atoms with E-state index in [9.17, 15) is 4.79 Å². The number of carboxylic acid groups (broad SMARTS) is 1. The van der Waals surface area contributed by atoms with Crippen LogP contribution < -0.4 is 10.5 Å². The van der Waals surface area contributed by atoms with Crippen LogP contribution in [0.15, 0.2) is 22.8 Å². The van der Waals surface area contributed by atoms with Crippen LogP contribution in [0.4, 0.5) is 5.69 Å². The molecule has 84 valence electrons. The van der Waals surface area contributed by atoms with Crippen molar-refractivity contribution in [3.63, 3.8) is 0 Å². The normalized spacial score (nSPS) is 10.6. The van der Waals surface area contributed by atoms with Gasteiger partial charge in [0.1, 0.15) is 5.58 Å². The van der Waals surface area contributed by atoms with Crippen molar-refractivity contribution in [1.29, 1.82) is 0 Å². The minimum atomic E-state index is -1.04. The molecule has 0 atom stereocenters. The number of furan rings is 1. The van der Waals surface area contributed by atoms with Gasteiger partial charge in [-0.1, -0.05) is 0 Å². The van der Waals surface area contributed by atoms with Gasteiger partial charge in [0, 0.05) is 0 Å². The summed E-state index contributed by atoms with van der Waals surface area (Å²) in [6.45, 7) is 1.44. The average molecular weight is 221 g/mol. The molecule has 16 heavy (non-hydrogen) atoms. The van der Waals surface area contributed by atoms with Crippen molar-refractivity contribution in [1.82, 2.24) is 0 Å². The molecule has 0 aliphatic rings. The fraction of sp³-hybridized carbons (Fsp3) is 0.182. The van der Waals surface area contributed by atoms with Crippen molar-refractivity contribution in [3.05, 3.63) is 24.0 Å². The third kappa shape index (κ3) is 1.67. The molecule has 0 amide bonds. The lowest BCUT2D eigenvalue weighted by molar-refractivity contribution is -0.139. The van der Waals surface area contributed by atoms with E-state index in [4.69, 9.17) is 20.0 Å². The fourth-order valence-corrected chi connectivity index (χ4v) is 1.61. The molecule has 0 spiro atoms. The van der Waals surface area contributed by atoms with Crippen LogP contribution >= 0.6 is 0 Å². The Bertz CT molecular complexity index is 544. The van der Waals surface area contributed by atoms with Gasteiger partial charge >= 0.3 is 5.97 Å². The highest BCUT2D eigenvalue weighted by Gasteiger charge is 2.13. The lowest BCUT2D eigenvalue weighted by atomic mass is 10.1. The monoisotopic (exact) mass is 221 g/mol. The Hall–Kier alpha value is -2.17. The molecule has 0 radical (unpaired) electrons. The molecular formula is C11H11NO4. The summed E-state index contributed by atoms with van der Waals surface area (Å²) in [4.78, 5) is 10.4. The second kappa shape index (κ2) is 3.77. The van der Waals surface area contributed by atoms with Crippen molar-refractivity contribution in [2.24, 2.45) is 0 Å². The van der Waals surface area contributed by atoms with E-state index in [-0.39, 0.29) is 0 Å². The van der Waals surface area contributed by atoms with Crippen molar-refractivity contribution >= 4 is 22.6 Å². The molecular weight excluding hydrogens is 210 g/mol. The Morgan fingerprint density at radius 3 is 3.06 bits per heavy atom. The van der Waals surface area contributed by atoms with E-state index in [0.717, 1.165) is 5.56 Å². The highest BCUT2D eigenvalue weighted by Crippen LogP contribution is 2.34. The molecule has 5 nitrogen and oxygen atoms in total. The number of anilines is 1. The van der Waals surface area contributed by atoms with Gasteiger partial charge in [0.2, 0.25) is 0 Å². The number of rotatable bonds is 3. The maximum atomic E-state index is 10.4. The van der Waals surface area contributed by atoms with Crippen molar-refractivity contribution in [2.45, 2.75) is 6.92 Å². The maximum absolute atomic E-state index is 10.4. The van der Waals surface area contributed by atoms with Gasteiger partial charge in [-0.3, -0.25) is 0 Å². The first-order valence-corrected chi connectivity index (χ1v) is 4.70. The highest BCUT2D eigenvalue weighted by atomic mass is 16.5. The van der Waals surface area contributed by atoms with Crippen molar-refractivity contribution < 1.29 is 19.1 Å². The lowest BCUT2D eigenvalue weighted by Gasteiger charge is -2.09. The summed E-state index contributed by atoms with van der Waals surface area (Å²) in [6, 6.07) is 3.40. The summed E-state index contributed by atoms with van der Waals surface area (Å²) in [7, 11) is 0. The molecule has 1 heterocycles. The molecule has 0 bridgehead atoms. The molecule has 0 unspecified atom stereocenters. The zero-order valence-corrected chi connectivity index (χ0v) is 8.69. The standard InChI is InChI=1S/C11H11NO4/c1-6-4-8(12)11(16-5-9(13)14)7-2-3-15-10(6)7/h2-4H,5,12H2,1H3,(H,13,14). The minimum absolute atomic E-state index is 0.358. The van der Waals surface area contributed by atoms with Gasteiger partial charge in [-0.15, -0.1) is 0 Å². The maximum Gasteiger partial charge on any atom is 0.341 e. The van der Waals surface area contributed by atoms with Gasteiger partial charge in [0.25, 0.3) is 0 Å². The van der Waals surface area contributed by atoms with E-state index in [2.05, 4.69) is 0 Å². The van der Waals surface area contributed by atoms with E-state index in [1.54, 1.807) is 12.1 Å². The number of nitrogen functional groups attached to an aromatic ring is 1. The number of hydrogen-bond acceptors (Lipinski definition) is 4. The third-order valence-corrected chi connectivity index (χ3v) is 2.24. The second-order valence-corrected chi connectivity index (χ2v) is 3.46. The topological polar surface area (TPSA) is 85.7 Å². The van der Waals surface area contributed by atoms with Gasteiger partial charge < -0.3 is 20.0 Å². The molecule has 2 rings (SSSR count). The zero-order chi connectivity index (χ0) is 11.7. The van der Waals surface area contributed by atoms with Gasteiger partial charge in [0.15, 0.2) is 12.4 Å². The molecule has 1 aromatic heterocycles. The minimum Gasteiger partial charge on any atom is -0.479 e. The van der Waals surface area contributed by atoms with Crippen molar-refractivity contribution in [3.8, 4) is 5.75 Å². The Balaban J connectivity index is 2.50. The van der Waals surface area contributed by atoms with Crippen LogP contribution in [0.5, 0.6) is 5.75 Å². The molecule has 2 aromatic rings. The van der Waals surface area contributed by atoms with E-state index in [0.29, 0.717) is 22.4 Å². The van der Waals surface area contributed by atoms with Gasteiger partial charge in [-0.25, -0.2) is 4.79 Å². The molecule has 0 saturated carbocycles. The number of aliphatic carboxylic acids is 1. The van der Waals surface area contributed by atoms with Crippen LogP contribution in [0.25, 0.3) is 11.0 Å². The van der Waals surface area contributed by atoms with Crippen LogP contribution in [0.3, 0.4) is 0 Å². The number of fused-ring (bicyclic) bond motifs is 1. The highest BCUT2D eigenvalue weighted by molar-refractivity contribution is 5.92. The Kier molecular flexibility index (Phi) is 2.44. The Morgan fingerprint density at radius 1 is 1.62 bits per heavy atom. The summed E-state index contributed by atoms with van der Waals surface area (Å²) in [6.07, 6.45) is 1.52. The lowest BCUT2D eigenvalue weighted by Crippen LogP contribution is -2.10. The number of aryl methyl sites for hydroxylation is 1. The number of carboxylic acids is 1. The first-order valence-electron chi connectivity index (χ1n) is 4.70.